The van der Waals surface area contributed by atoms with E-state index >= 15 is 0 Å². The van der Waals surface area contributed by atoms with Gasteiger partial charge in [-0.1, -0.05) is 54.6 Å². The molecule has 29 heavy (non-hydrogen) atoms. The fourth-order valence-electron chi connectivity index (χ4n) is 3.21. The first-order valence-electron chi connectivity index (χ1n) is 9.53. The molecule has 0 aliphatic carbocycles. The van der Waals surface area contributed by atoms with Crippen LogP contribution in [0.4, 0.5) is 0 Å². The minimum Gasteiger partial charge on any atom is -0.670 e. The average Bonchev–Trinajstić information content (AvgIpc) is 2.88. The van der Waals surface area contributed by atoms with Crippen molar-refractivity contribution in [3.63, 3.8) is 0 Å². The number of hydrogen-bond donors (Lipinski definition) is 1. The van der Waals surface area contributed by atoms with Gasteiger partial charge in [0.25, 0.3) is 0 Å². The van der Waals surface area contributed by atoms with Gasteiger partial charge in [-0.3, -0.25) is 0 Å². The van der Waals surface area contributed by atoms with Crippen molar-refractivity contribution in [2.75, 3.05) is 13.7 Å². The number of benzene rings is 2. The Balaban J connectivity index is 1.66. The maximum atomic E-state index is 12.2. The highest BCUT2D eigenvalue weighted by Gasteiger charge is 2.37. The second kappa shape index (κ2) is 10.5. The first-order valence-corrected chi connectivity index (χ1v) is 9.53. The zero-order chi connectivity index (χ0) is 20.6. The van der Waals surface area contributed by atoms with Crippen molar-refractivity contribution in [2.24, 2.45) is 0 Å². The summed E-state index contributed by atoms with van der Waals surface area (Å²) in [6.07, 6.45) is -3.22. The molecule has 7 nitrogen and oxygen atoms in total. The van der Waals surface area contributed by atoms with E-state index in [0.29, 0.717) is 12.2 Å². The molecule has 7 heteroatoms. The molecule has 0 saturated carbocycles. The maximum Gasteiger partial charge on any atom is 0.338 e. The van der Waals surface area contributed by atoms with E-state index in [4.69, 9.17) is 24.7 Å². The van der Waals surface area contributed by atoms with Crippen molar-refractivity contribution in [3.8, 4) is 0 Å². The molecular weight excluding hydrogens is 374 g/mol. The van der Waals surface area contributed by atoms with Crippen LogP contribution >= 0.6 is 0 Å². The van der Waals surface area contributed by atoms with Crippen LogP contribution in [0.2, 0.25) is 0 Å². The molecular formula is C22H26NO6-. The highest BCUT2D eigenvalue weighted by atomic mass is 16.7. The standard InChI is InChI=1S/C22H26NO6/c1-26-22-17(23)12-18(27-13-15-8-4-2-5-9-15)20(24)19(29-22)14-28-21(25)16-10-6-3-7-11-16/h2-11,17-20,22-24H,12-14H2,1H3/q-1/t17?,18?,19-,20-,22-/m0/s1. The van der Waals surface area contributed by atoms with Crippen LogP contribution in [-0.4, -0.2) is 55.4 Å². The fraction of sp³-hybridized carbons (Fsp3) is 0.409. The summed E-state index contributed by atoms with van der Waals surface area (Å²) in [6.45, 7) is 0.121. The monoisotopic (exact) mass is 400 g/mol. The van der Waals surface area contributed by atoms with E-state index in [1.165, 1.54) is 7.11 Å². The number of nitrogens with one attached hydrogen (secondary N) is 1. The quantitative estimate of drug-likeness (QED) is 0.718. The number of carbonyl (C=O) groups excluding carboxylic acids is 1. The van der Waals surface area contributed by atoms with Crippen molar-refractivity contribution in [3.05, 3.63) is 77.5 Å². The lowest BCUT2D eigenvalue weighted by Gasteiger charge is -2.28. The van der Waals surface area contributed by atoms with Crippen molar-refractivity contribution < 1.29 is 28.8 Å². The van der Waals surface area contributed by atoms with Crippen LogP contribution in [0.5, 0.6) is 0 Å². The molecule has 0 radical (unpaired) electrons. The smallest absolute Gasteiger partial charge is 0.338 e. The number of esters is 1. The molecule has 1 aliphatic rings. The van der Waals surface area contributed by atoms with E-state index in [2.05, 4.69) is 0 Å². The van der Waals surface area contributed by atoms with Gasteiger partial charge in [0.2, 0.25) is 0 Å². The molecule has 1 saturated heterocycles. The summed E-state index contributed by atoms with van der Waals surface area (Å²) in [4.78, 5) is 12.2. The molecule has 1 aliphatic heterocycles. The second-order valence-electron chi connectivity index (χ2n) is 6.91. The van der Waals surface area contributed by atoms with Crippen LogP contribution in [0.1, 0.15) is 22.3 Å². The van der Waals surface area contributed by atoms with Crippen molar-refractivity contribution in [1.29, 1.82) is 0 Å². The van der Waals surface area contributed by atoms with E-state index in [0.717, 1.165) is 5.56 Å². The van der Waals surface area contributed by atoms with E-state index in [1.807, 2.05) is 30.3 Å². The molecule has 0 spiro atoms. The summed E-state index contributed by atoms with van der Waals surface area (Å²) in [5.74, 6) is -0.510. The Morgan fingerprint density at radius 2 is 1.79 bits per heavy atom. The van der Waals surface area contributed by atoms with Gasteiger partial charge in [0, 0.05) is 7.11 Å². The van der Waals surface area contributed by atoms with Gasteiger partial charge in [-0.05, 0) is 24.1 Å². The number of methoxy groups -OCH3 is 1. The maximum absolute atomic E-state index is 12.2. The van der Waals surface area contributed by atoms with Crippen LogP contribution in [0.15, 0.2) is 60.7 Å². The number of rotatable bonds is 7. The van der Waals surface area contributed by atoms with Crippen LogP contribution < -0.4 is 0 Å². The highest BCUT2D eigenvalue weighted by Crippen LogP contribution is 2.26. The predicted molar refractivity (Wildman–Crippen MR) is 106 cm³/mol. The van der Waals surface area contributed by atoms with Gasteiger partial charge < -0.3 is 29.8 Å². The van der Waals surface area contributed by atoms with Crippen LogP contribution in [-0.2, 0) is 25.6 Å². The minimum absolute atomic E-state index is 0.174. The molecule has 0 bridgehead atoms. The minimum atomic E-state index is -1.07. The largest absolute Gasteiger partial charge is 0.670 e. The number of aliphatic hydroxyl groups excluding tert-OH is 1. The lowest BCUT2D eigenvalue weighted by Crippen LogP contribution is -2.42. The van der Waals surface area contributed by atoms with Crippen molar-refractivity contribution in [1.82, 2.24) is 0 Å². The third-order valence-electron chi connectivity index (χ3n) is 4.81. The zero-order valence-corrected chi connectivity index (χ0v) is 16.3. The first-order chi connectivity index (χ1) is 14.1. The normalized spacial score (nSPS) is 27.2. The third kappa shape index (κ3) is 5.85. The average molecular weight is 400 g/mol. The van der Waals surface area contributed by atoms with Gasteiger partial charge in [-0.25, -0.2) is 4.79 Å². The molecule has 2 aromatic carbocycles. The lowest BCUT2D eigenvalue weighted by molar-refractivity contribution is -0.190. The predicted octanol–water partition coefficient (Wildman–Crippen LogP) is 2.97. The number of carbonyl (C=O) groups is 1. The van der Waals surface area contributed by atoms with Crippen molar-refractivity contribution in [2.45, 2.75) is 43.7 Å². The summed E-state index contributed by atoms with van der Waals surface area (Å²) in [7, 11) is 1.44. The first kappa shape index (κ1) is 21.4. The zero-order valence-electron chi connectivity index (χ0n) is 16.3. The van der Waals surface area contributed by atoms with Gasteiger partial charge in [-0.2, -0.15) is 0 Å². The summed E-state index contributed by atoms with van der Waals surface area (Å²) in [5, 5.41) is 10.8. The molecule has 3 rings (SSSR count). The molecule has 2 aromatic rings. The Kier molecular flexibility index (Phi) is 7.74. The van der Waals surface area contributed by atoms with Crippen LogP contribution in [0.3, 0.4) is 0 Å². The molecule has 2 unspecified atom stereocenters. The van der Waals surface area contributed by atoms with Crippen molar-refractivity contribution >= 4 is 5.97 Å². The molecule has 0 amide bonds. The van der Waals surface area contributed by atoms with Gasteiger partial charge >= 0.3 is 5.97 Å². The summed E-state index contributed by atoms with van der Waals surface area (Å²) in [6, 6.07) is 17.4. The Labute approximate surface area is 170 Å². The van der Waals surface area contributed by atoms with Gasteiger partial charge in [0.15, 0.2) is 0 Å². The van der Waals surface area contributed by atoms with Gasteiger partial charge in [-0.15, -0.1) is 0 Å². The molecule has 1 heterocycles. The van der Waals surface area contributed by atoms with Crippen LogP contribution in [0.25, 0.3) is 5.73 Å². The van der Waals surface area contributed by atoms with E-state index in [9.17, 15) is 9.90 Å². The van der Waals surface area contributed by atoms with Gasteiger partial charge in [0.1, 0.15) is 25.1 Å². The molecule has 0 aromatic heterocycles. The molecule has 5 atom stereocenters. The Hall–Kier alpha value is -2.29. The Morgan fingerprint density at radius 3 is 2.45 bits per heavy atom. The highest BCUT2D eigenvalue weighted by molar-refractivity contribution is 5.89. The van der Waals surface area contributed by atoms with E-state index < -0.39 is 36.6 Å². The topological polar surface area (TPSA) is 98.0 Å². The fourth-order valence-corrected chi connectivity index (χ4v) is 3.21. The second-order valence-corrected chi connectivity index (χ2v) is 6.91. The van der Waals surface area contributed by atoms with Gasteiger partial charge in [0.05, 0.1) is 18.3 Å². The van der Waals surface area contributed by atoms with Crippen LogP contribution in [0, 0.1) is 0 Å². The summed E-state index contributed by atoms with van der Waals surface area (Å²) >= 11 is 0. The number of ether oxygens (including phenoxy) is 4. The SMILES string of the molecule is CO[C@H]1O[C@@H](COC(=O)c2ccccc2)[C@@H](O)C(OCc2ccccc2)CC1[NH-]. The third-order valence-corrected chi connectivity index (χ3v) is 4.81. The number of aliphatic hydroxyl groups is 1. The Morgan fingerprint density at radius 1 is 1.14 bits per heavy atom. The lowest BCUT2D eigenvalue weighted by atomic mass is 10.0. The molecule has 2 N–H and O–H groups in total. The number of hydrogen-bond acceptors (Lipinski definition) is 6. The Bertz CT molecular complexity index is 756. The molecule has 156 valence electrons. The van der Waals surface area contributed by atoms with E-state index in [1.54, 1.807) is 30.3 Å². The van der Waals surface area contributed by atoms with E-state index in [-0.39, 0.29) is 13.0 Å². The summed E-state index contributed by atoms with van der Waals surface area (Å²) < 4.78 is 22.2. The summed E-state index contributed by atoms with van der Waals surface area (Å²) in [5.41, 5.74) is 9.64. The molecule has 1 fully saturated rings.